The second-order valence-electron chi connectivity index (χ2n) is 8.10. The first kappa shape index (κ1) is 18.1. The van der Waals surface area contributed by atoms with Gasteiger partial charge in [0.2, 0.25) is 0 Å². The van der Waals surface area contributed by atoms with Gasteiger partial charge in [-0.05, 0) is 33.6 Å². The van der Waals surface area contributed by atoms with E-state index in [1.54, 1.807) is 6.21 Å². The zero-order chi connectivity index (χ0) is 17.7. The van der Waals surface area contributed by atoms with E-state index >= 15 is 0 Å². The van der Waals surface area contributed by atoms with Crippen LogP contribution in [0.3, 0.4) is 0 Å². The third-order valence-electron chi connectivity index (χ3n) is 4.47. The van der Waals surface area contributed by atoms with Crippen molar-refractivity contribution in [1.82, 2.24) is 0 Å². The molecule has 0 spiro atoms. The molecule has 3 aliphatic rings. The van der Waals surface area contributed by atoms with Gasteiger partial charge in [-0.25, -0.2) is 0 Å². The highest BCUT2D eigenvalue weighted by atomic mass is 16.8. The van der Waals surface area contributed by atoms with Crippen LogP contribution in [-0.2, 0) is 23.7 Å². The van der Waals surface area contributed by atoms with E-state index < -0.39 is 30.0 Å². The van der Waals surface area contributed by atoms with Crippen molar-refractivity contribution >= 4 is 6.21 Å². The Bertz CT molecular complexity index is 503. The minimum atomic E-state index is -0.747. The average Bonchev–Trinajstić information content (AvgIpc) is 3.06. The molecule has 3 rings (SSSR count). The van der Waals surface area contributed by atoms with Gasteiger partial charge in [-0.15, -0.1) is 0 Å². The van der Waals surface area contributed by atoms with Crippen LogP contribution >= 0.6 is 0 Å². The average molecular weight is 343 g/mol. The Kier molecular flexibility index (Phi) is 4.68. The SMILES string of the molecule is CC(C)C/C=[N+](\[O-])[C@H]1O[C@H]([C@H]2COC(C)(C)O2)[C@@H]2OC(C)(C)O[C@@H]21. The standard InChI is InChI=1S/C17H29NO6/c1-10(2)7-8-18(19)15-14-13(23-17(5,6)24-14)12(21-15)11-9-20-16(3,4)22-11/h8,10-15H,7,9H2,1-6H3/b18-8-/t11-,12-,13+,14+,15+/m1/s1. The van der Waals surface area contributed by atoms with Gasteiger partial charge in [0.1, 0.15) is 18.3 Å². The molecule has 0 N–H and O–H groups in total. The highest BCUT2D eigenvalue weighted by molar-refractivity contribution is 5.51. The molecule has 7 heteroatoms. The molecule has 0 aromatic heterocycles. The molecule has 0 saturated carbocycles. The number of rotatable bonds is 4. The normalized spacial score (nSPS) is 41.1. The lowest BCUT2D eigenvalue weighted by Crippen LogP contribution is -2.40. The summed E-state index contributed by atoms with van der Waals surface area (Å²) in [5.41, 5.74) is 0. The Labute approximate surface area is 143 Å². The smallest absolute Gasteiger partial charge is 0.297 e. The number of ether oxygens (including phenoxy) is 5. The monoisotopic (exact) mass is 343 g/mol. The van der Waals surface area contributed by atoms with Gasteiger partial charge < -0.3 is 28.9 Å². The quantitative estimate of drug-likeness (QED) is 0.336. The fourth-order valence-corrected chi connectivity index (χ4v) is 3.41. The molecule has 138 valence electrons. The van der Waals surface area contributed by atoms with E-state index in [1.807, 2.05) is 27.7 Å². The first-order chi connectivity index (χ1) is 11.1. The summed E-state index contributed by atoms with van der Waals surface area (Å²) in [5.74, 6) is -1.000. The number of fused-ring (bicyclic) bond motifs is 1. The number of hydrogen-bond acceptors (Lipinski definition) is 6. The Morgan fingerprint density at radius 2 is 1.71 bits per heavy atom. The van der Waals surface area contributed by atoms with Crippen LogP contribution < -0.4 is 0 Å². The van der Waals surface area contributed by atoms with E-state index in [4.69, 9.17) is 23.7 Å². The Hall–Kier alpha value is -0.730. The lowest BCUT2D eigenvalue weighted by atomic mass is 10.1. The molecule has 3 saturated heterocycles. The molecule has 24 heavy (non-hydrogen) atoms. The highest BCUT2D eigenvalue weighted by Gasteiger charge is 2.62. The van der Waals surface area contributed by atoms with Crippen molar-refractivity contribution in [3.8, 4) is 0 Å². The zero-order valence-corrected chi connectivity index (χ0v) is 15.4. The van der Waals surface area contributed by atoms with Crippen molar-refractivity contribution in [2.24, 2.45) is 5.92 Å². The Balaban J connectivity index is 1.78. The van der Waals surface area contributed by atoms with E-state index in [1.165, 1.54) is 0 Å². The second kappa shape index (κ2) is 6.21. The van der Waals surface area contributed by atoms with Gasteiger partial charge in [0, 0.05) is 6.42 Å². The van der Waals surface area contributed by atoms with Crippen LogP contribution in [0.2, 0.25) is 0 Å². The van der Waals surface area contributed by atoms with E-state index in [-0.39, 0.29) is 12.2 Å². The van der Waals surface area contributed by atoms with Crippen LogP contribution in [0.1, 0.15) is 48.0 Å². The van der Waals surface area contributed by atoms with Crippen molar-refractivity contribution in [3.05, 3.63) is 5.21 Å². The van der Waals surface area contributed by atoms with Crippen molar-refractivity contribution in [2.45, 2.75) is 90.2 Å². The Morgan fingerprint density at radius 3 is 2.29 bits per heavy atom. The largest absolute Gasteiger partial charge is 0.622 e. The van der Waals surface area contributed by atoms with Crippen LogP contribution in [0.15, 0.2) is 0 Å². The van der Waals surface area contributed by atoms with Crippen molar-refractivity contribution in [3.63, 3.8) is 0 Å². The molecular weight excluding hydrogens is 314 g/mol. The first-order valence-corrected chi connectivity index (χ1v) is 8.70. The minimum absolute atomic E-state index is 0.284. The fourth-order valence-electron chi connectivity index (χ4n) is 3.41. The van der Waals surface area contributed by atoms with Gasteiger partial charge in [0.05, 0.1) is 6.61 Å². The summed E-state index contributed by atoms with van der Waals surface area (Å²) in [6.45, 7) is 12.0. The van der Waals surface area contributed by atoms with Crippen LogP contribution in [0.4, 0.5) is 0 Å². The third-order valence-corrected chi connectivity index (χ3v) is 4.47. The Morgan fingerprint density at radius 1 is 1.04 bits per heavy atom. The van der Waals surface area contributed by atoms with Crippen LogP contribution in [0.25, 0.3) is 0 Å². The van der Waals surface area contributed by atoms with Gasteiger partial charge in [-0.1, -0.05) is 13.8 Å². The van der Waals surface area contributed by atoms with E-state index in [9.17, 15) is 5.21 Å². The maximum absolute atomic E-state index is 12.5. The molecule has 0 aliphatic carbocycles. The molecule has 0 radical (unpaired) electrons. The molecule has 3 aliphatic heterocycles. The van der Waals surface area contributed by atoms with Gasteiger partial charge in [-0.3, -0.25) is 0 Å². The van der Waals surface area contributed by atoms with Gasteiger partial charge in [0.15, 0.2) is 23.9 Å². The fraction of sp³-hybridized carbons (Fsp3) is 0.941. The summed E-state index contributed by atoms with van der Waals surface area (Å²) in [7, 11) is 0. The summed E-state index contributed by atoms with van der Waals surface area (Å²) in [4.78, 5) is 0. The van der Waals surface area contributed by atoms with Crippen molar-refractivity contribution in [1.29, 1.82) is 0 Å². The number of hydroxylamine groups is 1. The number of nitrogens with zero attached hydrogens (tertiary/aromatic N) is 1. The molecule has 7 nitrogen and oxygen atoms in total. The predicted octanol–water partition coefficient (Wildman–Crippen LogP) is 2.01. The zero-order valence-electron chi connectivity index (χ0n) is 15.4. The highest BCUT2D eigenvalue weighted by Crippen LogP contribution is 2.42. The molecule has 3 fully saturated rings. The van der Waals surface area contributed by atoms with Crippen LogP contribution in [0, 0.1) is 11.1 Å². The van der Waals surface area contributed by atoms with E-state index in [2.05, 4.69) is 13.8 Å². The lowest BCUT2D eigenvalue weighted by molar-refractivity contribution is -0.563. The number of hydrogen-bond donors (Lipinski definition) is 0. The summed E-state index contributed by atoms with van der Waals surface area (Å²) in [6.07, 6.45) is 0.105. The van der Waals surface area contributed by atoms with Crippen molar-refractivity contribution in [2.75, 3.05) is 6.61 Å². The van der Waals surface area contributed by atoms with Crippen LogP contribution in [-0.4, -0.2) is 59.8 Å². The predicted molar refractivity (Wildman–Crippen MR) is 86.5 cm³/mol. The molecule has 0 unspecified atom stereocenters. The summed E-state index contributed by atoms with van der Waals surface area (Å²) in [5, 5.41) is 12.5. The molecule has 5 atom stereocenters. The molecule has 0 aromatic carbocycles. The van der Waals surface area contributed by atoms with E-state index in [0.29, 0.717) is 18.9 Å². The second-order valence-corrected chi connectivity index (χ2v) is 8.10. The topological polar surface area (TPSA) is 72.2 Å². The molecule has 0 aromatic rings. The molecular formula is C17H29NO6. The first-order valence-electron chi connectivity index (χ1n) is 8.70. The third kappa shape index (κ3) is 3.60. The molecule has 0 bridgehead atoms. The van der Waals surface area contributed by atoms with Gasteiger partial charge in [0.25, 0.3) is 6.23 Å². The summed E-state index contributed by atoms with van der Waals surface area (Å²) < 4.78 is 30.4. The molecule has 0 amide bonds. The van der Waals surface area contributed by atoms with Gasteiger partial charge in [-0.2, -0.15) is 4.74 Å². The summed E-state index contributed by atoms with van der Waals surface area (Å²) >= 11 is 0. The van der Waals surface area contributed by atoms with Crippen LogP contribution in [0.5, 0.6) is 0 Å². The maximum atomic E-state index is 12.5. The van der Waals surface area contributed by atoms with E-state index in [0.717, 1.165) is 4.74 Å². The van der Waals surface area contributed by atoms with Crippen molar-refractivity contribution < 1.29 is 28.4 Å². The maximum Gasteiger partial charge on any atom is 0.297 e. The van der Waals surface area contributed by atoms with Gasteiger partial charge >= 0.3 is 0 Å². The summed E-state index contributed by atoms with van der Waals surface area (Å²) in [6, 6.07) is 0. The lowest BCUT2D eigenvalue weighted by Gasteiger charge is -2.26. The molecule has 3 heterocycles. The minimum Gasteiger partial charge on any atom is -0.622 e.